The maximum absolute atomic E-state index is 5.43. The number of ether oxygens (including phenoxy) is 1. The minimum absolute atomic E-state index is 0.254. The standard InChI is InChI=1S/C12H15N3O2/c1-3-8-6-9(4-5-10(8)16-2)12-14-11(7-13)17-15-12/h4-6H,3,7,13H2,1-2H3. The first-order chi connectivity index (χ1) is 8.28. The van der Waals surface area contributed by atoms with Gasteiger partial charge in [0, 0.05) is 5.56 Å². The molecule has 17 heavy (non-hydrogen) atoms. The van der Waals surface area contributed by atoms with Gasteiger partial charge in [0.25, 0.3) is 0 Å². The van der Waals surface area contributed by atoms with E-state index in [2.05, 4.69) is 17.1 Å². The average molecular weight is 233 g/mol. The summed E-state index contributed by atoms with van der Waals surface area (Å²) < 4.78 is 10.3. The van der Waals surface area contributed by atoms with Crippen LogP contribution in [0.3, 0.4) is 0 Å². The fourth-order valence-corrected chi connectivity index (χ4v) is 1.65. The van der Waals surface area contributed by atoms with Gasteiger partial charge in [0.1, 0.15) is 5.75 Å². The molecule has 2 rings (SSSR count). The van der Waals surface area contributed by atoms with Gasteiger partial charge in [-0.15, -0.1) is 0 Å². The van der Waals surface area contributed by atoms with Crippen LogP contribution in [0.15, 0.2) is 22.7 Å². The molecule has 2 aromatic rings. The summed E-state index contributed by atoms with van der Waals surface area (Å²) in [5.74, 6) is 1.87. The second-order valence-electron chi connectivity index (χ2n) is 3.60. The number of benzene rings is 1. The third-order valence-corrected chi connectivity index (χ3v) is 2.56. The van der Waals surface area contributed by atoms with E-state index in [0.717, 1.165) is 23.3 Å². The Hall–Kier alpha value is -1.88. The van der Waals surface area contributed by atoms with Crippen molar-refractivity contribution in [3.05, 3.63) is 29.7 Å². The smallest absolute Gasteiger partial charge is 0.240 e. The molecule has 0 spiro atoms. The van der Waals surface area contributed by atoms with Crippen molar-refractivity contribution in [3.8, 4) is 17.1 Å². The molecule has 2 N–H and O–H groups in total. The van der Waals surface area contributed by atoms with Gasteiger partial charge in [0.05, 0.1) is 13.7 Å². The summed E-state index contributed by atoms with van der Waals surface area (Å²) in [6.07, 6.45) is 0.888. The lowest BCUT2D eigenvalue weighted by molar-refractivity contribution is 0.380. The molecule has 5 nitrogen and oxygen atoms in total. The molecule has 0 unspecified atom stereocenters. The zero-order valence-corrected chi connectivity index (χ0v) is 9.93. The fraction of sp³-hybridized carbons (Fsp3) is 0.333. The molecule has 0 fully saturated rings. The number of nitrogens with two attached hydrogens (primary N) is 1. The van der Waals surface area contributed by atoms with Crippen molar-refractivity contribution in [1.29, 1.82) is 0 Å². The highest BCUT2D eigenvalue weighted by atomic mass is 16.5. The molecule has 0 saturated carbocycles. The number of methoxy groups -OCH3 is 1. The highest BCUT2D eigenvalue weighted by Crippen LogP contribution is 2.25. The quantitative estimate of drug-likeness (QED) is 0.871. The van der Waals surface area contributed by atoms with Crippen molar-refractivity contribution in [3.63, 3.8) is 0 Å². The minimum Gasteiger partial charge on any atom is -0.496 e. The molecule has 0 amide bonds. The zero-order valence-electron chi connectivity index (χ0n) is 9.93. The van der Waals surface area contributed by atoms with Gasteiger partial charge in [-0.3, -0.25) is 0 Å². The number of aromatic nitrogens is 2. The number of hydrogen-bond acceptors (Lipinski definition) is 5. The molecule has 0 saturated heterocycles. The van der Waals surface area contributed by atoms with E-state index in [1.54, 1.807) is 7.11 Å². The Morgan fingerprint density at radius 3 is 2.82 bits per heavy atom. The van der Waals surface area contributed by atoms with Gasteiger partial charge in [-0.2, -0.15) is 4.98 Å². The Morgan fingerprint density at radius 1 is 1.41 bits per heavy atom. The van der Waals surface area contributed by atoms with E-state index in [4.69, 9.17) is 15.0 Å². The van der Waals surface area contributed by atoms with E-state index in [1.165, 1.54) is 0 Å². The lowest BCUT2D eigenvalue weighted by Crippen LogP contribution is -1.96. The van der Waals surface area contributed by atoms with Gasteiger partial charge in [-0.1, -0.05) is 12.1 Å². The van der Waals surface area contributed by atoms with Crippen LogP contribution in [-0.4, -0.2) is 17.3 Å². The lowest BCUT2D eigenvalue weighted by Gasteiger charge is -2.07. The van der Waals surface area contributed by atoms with Gasteiger partial charge < -0.3 is 15.0 Å². The van der Waals surface area contributed by atoms with Gasteiger partial charge >= 0.3 is 0 Å². The van der Waals surface area contributed by atoms with Crippen molar-refractivity contribution >= 4 is 0 Å². The highest BCUT2D eigenvalue weighted by molar-refractivity contribution is 5.58. The van der Waals surface area contributed by atoms with E-state index in [1.807, 2.05) is 18.2 Å². The first-order valence-electron chi connectivity index (χ1n) is 5.48. The third kappa shape index (κ3) is 2.29. The zero-order chi connectivity index (χ0) is 12.3. The summed E-state index contributed by atoms with van der Waals surface area (Å²) in [6, 6.07) is 5.82. The topological polar surface area (TPSA) is 74.2 Å². The van der Waals surface area contributed by atoms with Gasteiger partial charge in [-0.05, 0) is 30.2 Å². The molecule has 0 aliphatic carbocycles. The normalized spacial score (nSPS) is 10.5. The van der Waals surface area contributed by atoms with Crippen LogP contribution in [0, 0.1) is 0 Å². The number of nitrogens with zero attached hydrogens (tertiary/aromatic N) is 2. The van der Waals surface area contributed by atoms with Crippen LogP contribution in [0.25, 0.3) is 11.4 Å². The Morgan fingerprint density at radius 2 is 2.24 bits per heavy atom. The fourth-order valence-electron chi connectivity index (χ4n) is 1.65. The van der Waals surface area contributed by atoms with E-state index in [9.17, 15) is 0 Å². The number of rotatable bonds is 4. The maximum atomic E-state index is 5.43. The summed E-state index contributed by atoms with van der Waals surface area (Å²) in [5, 5.41) is 3.88. The number of aryl methyl sites for hydroxylation is 1. The molecule has 0 aliphatic rings. The average Bonchev–Trinajstić information content (AvgIpc) is 2.86. The SMILES string of the molecule is CCc1cc(-c2noc(CN)n2)ccc1OC. The summed E-state index contributed by atoms with van der Waals surface area (Å²) in [5.41, 5.74) is 7.45. The van der Waals surface area contributed by atoms with Crippen LogP contribution in [0.1, 0.15) is 18.4 Å². The van der Waals surface area contributed by atoms with Crippen molar-refractivity contribution in [2.45, 2.75) is 19.9 Å². The second-order valence-corrected chi connectivity index (χ2v) is 3.60. The molecule has 5 heteroatoms. The molecule has 0 aliphatic heterocycles. The van der Waals surface area contributed by atoms with Crippen molar-refractivity contribution < 1.29 is 9.26 Å². The molecule has 90 valence electrons. The molecule has 0 bridgehead atoms. The lowest BCUT2D eigenvalue weighted by atomic mass is 10.1. The van der Waals surface area contributed by atoms with Gasteiger partial charge in [0.15, 0.2) is 0 Å². The van der Waals surface area contributed by atoms with E-state index < -0.39 is 0 Å². The first kappa shape index (κ1) is 11.6. The van der Waals surface area contributed by atoms with Crippen molar-refractivity contribution in [1.82, 2.24) is 10.1 Å². The Balaban J connectivity index is 2.38. The molecule has 1 heterocycles. The number of hydrogen-bond donors (Lipinski definition) is 1. The van der Waals surface area contributed by atoms with Crippen LogP contribution in [0.5, 0.6) is 5.75 Å². The Bertz CT molecular complexity index is 508. The predicted molar refractivity (Wildman–Crippen MR) is 63.6 cm³/mol. The summed E-state index contributed by atoms with van der Waals surface area (Å²) >= 11 is 0. The minimum atomic E-state index is 0.254. The van der Waals surface area contributed by atoms with Gasteiger partial charge in [0.2, 0.25) is 11.7 Å². The molecule has 1 aromatic carbocycles. The first-order valence-corrected chi connectivity index (χ1v) is 5.48. The van der Waals surface area contributed by atoms with Crippen LogP contribution >= 0.6 is 0 Å². The predicted octanol–water partition coefficient (Wildman–Crippen LogP) is 1.77. The third-order valence-electron chi connectivity index (χ3n) is 2.56. The maximum Gasteiger partial charge on any atom is 0.240 e. The summed E-state index contributed by atoms with van der Waals surface area (Å²) in [4.78, 5) is 4.19. The summed E-state index contributed by atoms with van der Waals surface area (Å²) in [6.45, 7) is 2.33. The highest BCUT2D eigenvalue weighted by Gasteiger charge is 2.09. The van der Waals surface area contributed by atoms with E-state index >= 15 is 0 Å². The Kier molecular flexibility index (Phi) is 3.39. The van der Waals surface area contributed by atoms with Crippen LogP contribution in [0.4, 0.5) is 0 Å². The van der Waals surface area contributed by atoms with Crippen LogP contribution in [0.2, 0.25) is 0 Å². The molecule has 1 aromatic heterocycles. The van der Waals surface area contributed by atoms with Crippen LogP contribution < -0.4 is 10.5 Å². The summed E-state index contributed by atoms with van der Waals surface area (Å²) in [7, 11) is 1.66. The molecular formula is C12H15N3O2. The van der Waals surface area contributed by atoms with Crippen LogP contribution in [-0.2, 0) is 13.0 Å². The Labute approximate surface area is 99.6 Å². The second kappa shape index (κ2) is 4.97. The van der Waals surface area contributed by atoms with E-state index in [-0.39, 0.29) is 6.54 Å². The van der Waals surface area contributed by atoms with E-state index in [0.29, 0.717) is 11.7 Å². The van der Waals surface area contributed by atoms with Gasteiger partial charge in [-0.25, -0.2) is 0 Å². The van der Waals surface area contributed by atoms with Crippen molar-refractivity contribution in [2.75, 3.05) is 7.11 Å². The molecular weight excluding hydrogens is 218 g/mol. The largest absolute Gasteiger partial charge is 0.496 e. The van der Waals surface area contributed by atoms with Crippen molar-refractivity contribution in [2.24, 2.45) is 5.73 Å². The molecule has 0 radical (unpaired) electrons. The molecule has 0 atom stereocenters. The monoisotopic (exact) mass is 233 g/mol.